The molecule has 1 aliphatic rings. The molecule has 1 atom stereocenters. The van der Waals surface area contributed by atoms with Crippen molar-refractivity contribution < 1.29 is 19.0 Å². The lowest BCUT2D eigenvalue weighted by atomic mass is 9.99. The molecule has 2 aromatic carbocycles. The van der Waals surface area contributed by atoms with E-state index < -0.39 is 0 Å². The van der Waals surface area contributed by atoms with Crippen LogP contribution in [0.4, 0.5) is 0 Å². The molecule has 162 valence electrons. The minimum atomic E-state index is -0.223. The zero-order valence-electron chi connectivity index (χ0n) is 18.4. The highest BCUT2D eigenvalue weighted by atomic mass is 16.5. The molecule has 1 saturated heterocycles. The van der Waals surface area contributed by atoms with Crippen molar-refractivity contribution in [2.24, 2.45) is 5.92 Å². The van der Waals surface area contributed by atoms with Crippen LogP contribution < -0.4 is 19.5 Å². The molecule has 0 aliphatic carbocycles. The minimum Gasteiger partial charge on any atom is -0.493 e. The van der Waals surface area contributed by atoms with Crippen molar-refractivity contribution in [2.45, 2.75) is 32.9 Å². The fourth-order valence-corrected chi connectivity index (χ4v) is 4.01. The number of carbonyl (C=O) groups excluding carboxylic acids is 1. The van der Waals surface area contributed by atoms with Crippen molar-refractivity contribution in [3.63, 3.8) is 0 Å². The van der Waals surface area contributed by atoms with Gasteiger partial charge >= 0.3 is 0 Å². The maximum atomic E-state index is 12.7. The van der Waals surface area contributed by atoms with Crippen molar-refractivity contribution in [2.75, 3.05) is 34.4 Å². The molecular weight excluding hydrogens is 380 g/mol. The van der Waals surface area contributed by atoms with E-state index in [0.29, 0.717) is 29.4 Å². The van der Waals surface area contributed by atoms with Crippen molar-refractivity contribution in [1.82, 2.24) is 10.2 Å². The molecule has 1 fully saturated rings. The Labute approximate surface area is 179 Å². The van der Waals surface area contributed by atoms with E-state index in [1.54, 1.807) is 19.2 Å². The Balaban J connectivity index is 1.61. The number of nitrogens with one attached hydrogen (secondary N) is 1. The molecule has 6 heteroatoms. The molecule has 0 aromatic heterocycles. The molecule has 6 nitrogen and oxygen atoms in total. The summed E-state index contributed by atoms with van der Waals surface area (Å²) in [5.41, 5.74) is 2.77. The Morgan fingerprint density at radius 1 is 1.00 bits per heavy atom. The SMILES string of the molecule is COc1ccc(C(=O)NCc2ccc(CN3CCCC(C)C3)cc2)c(OC)c1OC. The second kappa shape index (κ2) is 10.3. The first-order valence-electron chi connectivity index (χ1n) is 10.4. The van der Waals surface area contributed by atoms with E-state index in [4.69, 9.17) is 14.2 Å². The number of carbonyl (C=O) groups is 1. The Morgan fingerprint density at radius 2 is 1.70 bits per heavy atom. The van der Waals surface area contributed by atoms with Gasteiger partial charge in [-0.1, -0.05) is 31.2 Å². The molecule has 3 rings (SSSR count). The van der Waals surface area contributed by atoms with Gasteiger partial charge in [0.15, 0.2) is 11.5 Å². The second-order valence-electron chi connectivity index (χ2n) is 7.86. The third kappa shape index (κ3) is 5.25. The van der Waals surface area contributed by atoms with Crippen LogP contribution in [-0.4, -0.2) is 45.2 Å². The van der Waals surface area contributed by atoms with E-state index in [9.17, 15) is 4.79 Å². The normalized spacial score (nSPS) is 16.7. The smallest absolute Gasteiger partial charge is 0.255 e. The van der Waals surface area contributed by atoms with Gasteiger partial charge in [0.05, 0.1) is 26.9 Å². The molecule has 1 N–H and O–H groups in total. The van der Waals surface area contributed by atoms with E-state index >= 15 is 0 Å². The third-order valence-corrected chi connectivity index (χ3v) is 5.57. The Morgan fingerprint density at radius 3 is 2.33 bits per heavy atom. The number of methoxy groups -OCH3 is 3. The van der Waals surface area contributed by atoms with Gasteiger partial charge in [-0.25, -0.2) is 0 Å². The standard InChI is InChI=1S/C24H32N2O4/c1-17-6-5-13-26(15-17)16-19-9-7-18(8-10-19)14-25-24(27)20-11-12-21(28-2)23(30-4)22(20)29-3/h7-12,17H,5-6,13-16H2,1-4H3,(H,25,27). The van der Waals surface area contributed by atoms with Gasteiger partial charge < -0.3 is 19.5 Å². The molecular formula is C24H32N2O4. The number of hydrogen-bond donors (Lipinski definition) is 1. The van der Waals surface area contributed by atoms with Gasteiger partial charge in [0.25, 0.3) is 5.91 Å². The fourth-order valence-electron chi connectivity index (χ4n) is 4.01. The van der Waals surface area contributed by atoms with E-state index in [-0.39, 0.29) is 5.91 Å². The zero-order valence-corrected chi connectivity index (χ0v) is 18.4. The van der Waals surface area contributed by atoms with Crippen LogP contribution in [0.15, 0.2) is 36.4 Å². The molecule has 1 unspecified atom stereocenters. The molecule has 0 spiro atoms. The van der Waals surface area contributed by atoms with Gasteiger partial charge in [-0.2, -0.15) is 0 Å². The Kier molecular flexibility index (Phi) is 7.57. The number of ether oxygens (including phenoxy) is 3. The number of benzene rings is 2. The van der Waals surface area contributed by atoms with Gasteiger partial charge in [-0.3, -0.25) is 9.69 Å². The van der Waals surface area contributed by atoms with Crippen molar-refractivity contribution in [1.29, 1.82) is 0 Å². The number of likely N-dealkylation sites (tertiary alicyclic amines) is 1. The largest absolute Gasteiger partial charge is 0.493 e. The second-order valence-corrected chi connectivity index (χ2v) is 7.86. The average Bonchev–Trinajstić information content (AvgIpc) is 2.77. The number of rotatable bonds is 8. The van der Waals surface area contributed by atoms with Crippen molar-refractivity contribution in [3.05, 3.63) is 53.1 Å². The lowest BCUT2D eigenvalue weighted by molar-refractivity contribution is 0.0947. The summed E-state index contributed by atoms with van der Waals surface area (Å²) in [6, 6.07) is 11.8. The van der Waals surface area contributed by atoms with Crippen LogP contribution in [0.1, 0.15) is 41.3 Å². The predicted octanol–water partition coefficient (Wildman–Crippen LogP) is 3.87. The minimum absolute atomic E-state index is 0.223. The number of hydrogen-bond acceptors (Lipinski definition) is 5. The molecule has 1 amide bonds. The van der Waals surface area contributed by atoms with Crippen LogP contribution in [0.25, 0.3) is 0 Å². The summed E-state index contributed by atoms with van der Waals surface area (Å²) in [5, 5.41) is 2.96. The molecule has 0 bridgehead atoms. The van der Waals surface area contributed by atoms with Crippen molar-refractivity contribution >= 4 is 5.91 Å². The highest BCUT2D eigenvalue weighted by Crippen LogP contribution is 2.39. The van der Waals surface area contributed by atoms with Gasteiger partial charge in [0.1, 0.15) is 0 Å². The highest BCUT2D eigenvalue weighted by molar-refractivity contribution is 5.98. The van der Waals surface area contributed by atoms with Crippen LogP contribution in [0, 0.1) is 5.92 Å². The summed E-state index contributed by atoms with van der Waals surface area (Å²) in [6.45, 7) is 6.10. The van der Waals surface area contributed by atoms with E-state index in [1.807, 2.05) is 0 Å². The quantitative estimate of drug-likeness (QED) is 0.713. The highest BCUT2D eigenvalue weighted by Gasteiger charge is 2.20. The number of nitrogens with zero attached hydrogens (tertiary/aromatic N) is 1. The predicted molar refractivity (Wildman–Crippen MR) is 117 cm³/mol. The Bertz CT molecular complexity index is 851. The average molecular weight is 413 g/mol. The van der Waals surface area contributed by atoms with Crippen LogP contribution in [0.5, 0.6) is 17.2 Å². The van der Waals surface area contributed by atoms with Crippen LogP contribution >= 0.6 is 0 Å². The van der Waals surface area contributed by atoms with Gasteiger partial charge in [-0.05, 0) is 48.6 Å². The maximum Gasteiger partial charge on any atom is 0.255 e. The molecule has 0 radical (unpaired) electrons. The fraction of sp³-hybridized carbons (Fsp3) is 0.458. The van der Waals surface area contributed by atoms with Crippen LogP contribution in [0.2, 0.25) is 0 Å². The summed E-state index contributed by atoms with van der Waals surface area (Å²) in [5.74, 6) is 1.84. The lowest BCUT2D eigenvalue weighted by Gasteiger charge is -2.30. The first-order valence-corrected chi connectivity index (χ1v) is 10.4. The summed E-state index contributed by atoms with van der Waals surface area (Å²) < 4.78 is 16.0. The van der Waals surface area contributed by atoms with Crippen LogP contribution in [0.3, 0.4) is 0 Å². The summed E-state index contributed by atoms with van der Waals surface area (Å²) in [6.07, 6.45) is 2.62. The van der Waals surface area contributed by atoms with Gasteiger partial charge in [-0.15, -0.1) is 0 Å². The topological polar surface area (TPSA) is 60.0 Å². The third-order valence-electron chi connectivity index (χ3n) is 5.57. The number of amides is 1. The van der Waals surface area contributed by atoms with E-state index in [1.165, 1.54) is 45.7 Å². The summed E-state index contributed by atoms with van der Waals surface area (Å²) in [4.78, 5) is 15.3. The monoisotopic (exact) mass is 412 g/mol. The Hall–Kier alpha value is -2.73. The first kappa shape index (κ1) is 22.0. The molecule has 0 saturated carbocycles. The molecule has 1 aliphatic heterocycles. The summed E-state index contributed by atoms with van der Waals surface area (Å²) >= 11 is 0. The zero-order chi connectivity index (χ0) is 21.5. The van der Waals surface area contributed by atoms with E-state index in [0.717, 1.165) is 18.0 Å². The molecule has 1 heterocycles. The van der Waals surface area contributed by atoms with Crippen molar-refractivity contribution in [3.8, 4) is 17.2 Å². The maximum absolute atomic E-state index is 12.7. The number of piperidine rings is 1. The lowest BCUT2D eigenvalue weighted by Crippen LogP contribution is -2.33. The van der Waals surface area contributed by atoms with E-state index in [2.05, 4.69) is 41.4 Å². The molecule has 30 heavy (non-hydrogen) atoms. The van der Waals surface area contributed by atoms with Crippen LogP contribution in [-0.2, 0) is 13.1 Å². The molecule has 2 aromatic rings. The van der Waals surface area contributed by atoms with Gasteiger partial charge in [0, 0.05) is 19.6 Å². The summed E-state index contributed by atoms with van der Waals surface area (Å²) in [7, 11) is 4.58. The first-order chi connectivity index (χ1) is 14.5. The van der Waals surface area contributed by atoms with Gasteiger partial charge in [0.2, 0.25) is 5.75 Å².